The molecule has 1 heterocycles. The third kappa shape index (κ3) is 3.50. The largest absolute Gasteiger partial charge is 0.480 e. The third-order valence-electron chi connectivity index (χ3n) is 1.73. The van der Waals surface area contributed by atoms with Gasteiger partial charge in [-0.1, -0.05) is 18.7 Å². The fourth-order valence-electron chi connectivity index (χ4n) is 0.809. The van der Waals surface area contributed by atoms with Crippen molar-refractivity contribution in [2.45, 2.75) is 18.6 Å². The van der Waals surface area contributed by atoms with Gasteiger partial charge in [-0.3, -0.25) is 9.59 Å². The van der Waals surface area contributed by atoms with Crippen molar-refractivity contribution < 1.29 is 14.7 Å². The van der Waals surface area contributed by atoms with Crippen LogP contribution < -0.4 is 5.73 Å². The summed E-state index contributed by atoms with van der Waals surface area (Å²) in [5, 5.41) is 19.5. The number of carbonyl (C=O) groups excluding carboxylic acids is 1. The third-order valence-corrected chi connectivity index (χ3v) is 2.95. The predicted molar refractivity (Wildman–Crippen MR) is 54.5 cm³/mol. The maximum absolute atomic E-state index is 10.8. The van der Waals surface area contributed by atoms with Crippen LogP contribution >= 0.6 is 11.8 Å². The van der Waals surface area contributed by atoms with E-state index in [1.807, 2.05) is 0 Å². The summed E-state index contributed by atoms with van der Waals surface area (Å²) in [6, 6.07) is 0. The van der Waals surface area contributed by atoms with Gasteiger partial charge in [-0.05, 0) is 10.4 Å². The molecule has 0 fully saturated rings. The molecule has 1 unspecified atom stereocenters. The van der Waals surface area contributed by atoms with Crippen LogP contribution in [0.4, 0.5) is 0 Å². The van der Waals surface area contributed by atoms with Crippen molar-refractivity contribution in [1.29, 1.82) is 0 Å². The molecule has 0 aliphatic heterocycles. The van der Waals surface area contributed by atoms with E-state index in [4.69, 9.17) is 10.8 Å². The highest BCUT2D eigenvalue weighted by atomic mass is 32.2. The number of carbonyl (C=O) groups is 2. The molecule has 1 atom stereocenters. The number of amides is 1. The summed E-state index contributed by atoms with van der Waals surface area (Å²) in [7, 11) is 0. The zero-order valence-corrected chi connectivity index (χ0v) is 9.35. The zero-order valence-electron chi connectivity index (χ0n) is 8.53. The highest BCUT2D eigenvalue weighted by molar-refractivity contribution is 7.99. The van der Waals surface area contributed by atoms with Gasteiger partial charge < -0.3 is 10.8 Å². The van der Waals surface area contributed by atoms with E-state index >= 15 is 0 Å². The Hall–Kier alpha value is -1.64. The Labute approximate surface area is 95.2 Å². The van der Waals surface area contributed by atoms with Gasteiger partial charge >= 0.3 is 5.97 Å². The average molecular weight is 245 g/mol. The summed E-state index contributed by atoms with van der Waals surface area (Å²) in [4.78, 5) is 21.2. The fourth-order valence-corrected chi connectivity index (χ4v) is 1.72. The average Bonchev–Trinajstić information content (AvgIpc) is 2.60. The number of carboxylic acids is 1. The van der Waals surface area contributed by atoms with Crippen LogP contribution in [0, 0.1) is 5.92 Å². The minimum absolute atomic E-state index is 0.305. The summed E-state index contributed by atoms with van der Waals surface area (Å²) >= 11 is 1.19. The van der Waals surface area contributed by atoms with Crippen LogP contribution in [0.25, 0.3) is 0 Å². The molecule has 0 saturated carbocycles. The molecule has 0 spiro atoms. The molecule has 0 bridgehead atoms. The van der Waals surface area contributed by atoms with Gasteiger partial charge in [0.05, 0.1) is 0 Å². The summed E-state index contributed by atoms with van der Waals surface area (Å²) in [5.41, 5.74) is 5.09. The predicted octanol–water partition coefficient (Wildman–Crippen LogP) is -1.03. The summed E-state index contributed by atoms with van der Waals surface area (Å²) < 4.78 is 1.15. The molecule has 88 valence electrons. The van der Waals surface area contributed by atoms with Crippen LogP contribution in [0.2, 0.25) is 0 Å². The number of carboxylic acid groups (broad SMARTS) is 1. The van der Waals surface area contributed by atoms with Crippen LogP contribution in [0.15, 0.2) is 5.16 Å². The van der Waals surface area contributed by atoms with Crippen molar-refractivity contribution in [1.82, 2.24) is 20.2 Å². The van der Waals surface area contributed by atoms with Crippen molar-refractivity contribution in [2.24, 2.45) is 11.7 Å². The normalized spacial score (nSPS) is 12.3. The van der Waals surface area contributed by atoms with Crippen LogP contribution in [0.1, 0.15) is 6.92 Å². The van der Waals surface area contributed by atoms with Gasteiger partial charge in [-0.25, -0.2) is 4.68 Å². The highest BCUT2D eigenvalue weighted by Gasteiger charge is 2.14. The van der Waals surface area contributed by atoms with Crippen molar-refractivity contribution in [3.05, 3.63) is 0 Å². The molecule has 0 radical (unpaired) electrons. The fraction of sp³-hybridized carbons (Fsp3) is 0.571. The molecule has 0 saturated heterocycles. The van der Waals surface area contributed by atoms with Gasteiger partial charge in [0.2, 0.25) is 11.1 Å². The van der Waals surface area contributed by atoms with Crippen LogP contribution in [0.5, 0.6) is 0 Å². The maximum atomic E-state index is 10.8. The minimum Gasteiger partial charge on any atom is -0.480 e. The second-order valence-corrected chi connectivity index (χ2v) is 4.11. The number of hydrogen-bond donors (Lipinski definition) is 2. The topological polar surface area (TPSA) is 124 Å². The number of nitrogens with two attached hydrogens (primary N) is 1. The standard InChI is InChI=1S/C7H11N5O3S/c1-4(6(8)15)3-16-7-9-10-11-12(7)2-5(13)14/h4H,2-3H2,1H3,(H2,8,15)(H,13,14). The molecule has 16 heavy (non-hydrogen) atoms. The van der Waals surface area contributed by atoms with Gasteiger partial charge in [0, 0.05) is 11.7 Å². The zero-order chi connectivity index (χ0) is 12.1. The van der Waals surface area contributed by atoms with Crippen molar-refractivity contribution in [3.8, 4) is 0 Å². The first-order valence-corrected chi connectivity index (χ1v) is 5.39. The van der Waals surface area contributed by atoms with Gasteiger partial charge in [-0.2, -0.15) is 0 Å². The van der Waals surface area contributed by atoms with E-state index in [1.165, 1.54) is 11.8 Å². The molecule has 0 aliphatic rings. The van der Waals surface area contributed by atoms with E-state index in [9.17, 15) is 9.59 Å². The SMILES string of the molecule is CC(CSc1nnnn1CC(=O)O)C(N)=O. The number of tetrazole rings is 1. The number of aliphatic carboxylic acids is 1. The number of rotatable bonds is 6. The number of primary amides is 1. The Balaban J connectivity index is 2.57. The van der Waals surface area contributed by atoms with Crippen LogP contribution in [-0.2, 0) is 16.1 Å². The number of aromatic nitrogens is 4. The van der Waals surface area contributed by atoms with E-state index in [1.54, 1.807) is 6.92 Å². The van der Waals surface area contributed by atoms with Crippen molar-refractivity contribution in [2.75, 3.05) is 5.75 Å². The summed E-state index contributed by atoms with van der Waals surface area (Å²) in [6.45, 7) is 1.38. The van der Waals surface area contributed by atoms with Crippen molar-refractivity contribution >= 4 is 23.6 Å². The Morgan fingerprint density at radius 2 is 2.31 bits per heavy atom. The molecule has 0 aliphatic carbocycles. The lowest BCUT2D eigenvalue weighted by Crippen LogP contribution is -2.22. The van der Waals surface area contributed by atoms with E-state index in [0.29, 0.717) is 10.9 Å². The van der Waals surface area contributed by atoms with Gasteiger partial charge in [-0.15, -0.1) is 5.10 Å². The lowest BCUT2D eigenvalue weighted by molar-refractivity contribution is -0.138. The molecule has 0 aromatic carbocycles. The first-order valence-electron chi connectivity index (χ1n) is 4.40. The summed E-state index contributed by atoms with van der Waals surface area (Å²) in [6.07, 6.45) is 0. The first kappa shape index (κ1) is 12.4. The van der Waals surface area contributed by atoms with E-state index in [-0.39, 0.29) is 12.5 Å². The van der Waals surface area contributed by atoms with E-state index in [0.717, 1.165) is 4.68 Å². The smallest absolute Gasteiger partial charge is 0.325 e. The van der Waals surface area contributed by atoms with E-state index < -0.39 is 11.9 Å². The molecule has 1 aromatic rings. The molecular formula is C7H11N5O3S. The Kier molecular flexibility index (Phi) is 4.23. The van der Waals surface area contributed by atoms with Crippen molar-refractivity contribution in [3.63, 3.8) is 0 Å². The van der Waals surface area contributed by atoms with Gasteiger partial charge in [0.1, 0.15) is 6.54 Å². The number of thioether (sulfide) groups is 1. The quantitative estimate of drug-likeness (QED) is 0.614. The Bertz CT molecular complexity index is 393. The molecule has 9 heteroatoms. The number of nitrogens with zero attached hydrogens (tertiary/aromatic N) is 4. The van der Waals surface area contributed by atoms with Gasteiger partial charge in [0.15, 0.2) is 0 Å². The van der Waals surface area contributed by atoms with Crippen LogP contribution in [-0.4, -0.2) is 42.9 Å². The van der Waals surface area contributed by atoms with Gasteiger partial charge in [0.25, 0.3) is 0 Å². The highest BCUT2D eigenvalue weighted by Crippen LogP contribution is 2.16. The summed E-state index contributed by atoms with van der Waals surface area (Å²) in [5.74, 6) is -1.35. The number of hydrogen-bond acceptors (Lipinski definition) is 6. The molecule has 1 aromatic heterocycles. The molecule has 3 N–H and O–H groups in total. The first-order chi connectivity index (χ1) is 7.50. The lowest BCUT2D eigenvalue weighted by Gasteiger charge is -2.05. The van der Waals surface area contributed by atoms with E-state index in [2.05, 4.69) is 15.5 Å². The molecule has 8 nitrogen and oxygen atoms in total. The monoisotopic (exact) mass is 245 g/mol. The minimum atomic E-state index is -1.03. The Morgan fingerprint density at radius 3 is 2.88 bits per heavy atom. The molecule has 1 amide bonds. The molecular weight excluding hydrogens is 234 g/mol. The Morgan fingerprint density at radius 1 is 1.62 bits per heavy atom. The van der Waals surface area contributed by atoms with Crippen LogP contribution in [0.3, 0.4) is 0 Å². The second-order valence-electron chi connectivity index (χ2n) is 3.13. The molecule has 1 rings (SSSR count). The second kappa shape index (κ2) is 5.45. The maximum Gasteiger partial charge on any atom is 0.325 e. The lowest BCUT2D eigenvalue weighted by atomic mass is 10.2.